The molecule has 344 valence electrons. The molecule has 0 unspecified atom stereocenters. The van der Waals surface area contributed by atoms with Crippen molar-refractivity contribution in [2.45, 2.75) is 32.1 Å². The number of nitrogens with zero attached hydrogens (tertiary/aromatic N) is 2. The Morgan fingerprint density at radius 3 is 1.37 bits per heavy atom. The summed E-state index contributed by atoms with van der Waals surface area (Å²) in [4.78, 5) is 5.00. The van der Waals surface area contributed by atoms with Crippen molar-refractivity contribution in [2.24, 2.45) is 0 Å². The Bertz CT molecular complexity index is 4170. The number of benzene rings is 12. The van der Waals surface area contributed by atoms with Crippen molar-refractivity contribution in [3.63, 3.8) is 0 Å². The maximum atomic E-state index is 2.52. The number of para-hydroxylation sites is 4. The van der Waals surface area contributed by atoms with Crippen molar-refractivity contribution in [1.29, 1.82) is 0 Å². The molecule has 0 spiro atoms. The first-order valence-electron chi connectivity index (χ1n) is 25.8. The molecule has 0 atom stereocenters. The molecule has 0 bridgehead atoms. The predicted molar refractivity (Wildman–Crippen MR) is 308 cm³/mol. The lowest BCUT2D eigenvalue weighted by atomic mass is 9.80. The average Bonchev–Trinajstić information content (AvgIpc) is 3.67. The van der Waals surface area contributed by atoms with Crippen molar-refractivity contribution in [3.05, 3.63) is 276 Å². The van der Waals surface area contributed by atoms with E-state index in [0.29, 0.717) is 0 Å². The Labute approximate surface area is 426 Å². The molecule has 2 heterocycles. The minimum atomic E-state index is -0.167. The standard InChI is InChI=1S/C71H50N2/c1-71(2)63-29-12-11-26-56(63)57-37-34-50(42-64(57)71)69-59-38-35-52(73-67-32-15-6-21-48(67)41-49-22-7-16-33-68(49)73)44-62(59)70(58-27-10-9-25-55(58)54-28-17-23-45-18-3-8-24-53(45)54)60-39-36-51(43-61(60)69)72-65-30-13-4-19-46(65)40-47-20-5-14-31-66(47)72/h3-39,42-44H,40-41H2,1-2H3. The van der Waals surface area contributed by atoms with Crippen LogP contribution in [0.15, 0.2) is 243 Å². The Kier molecular flexibility index (Phi) is 9.16. The second kappa shape index (κ2) is 16.0. The van der Waals surface area contributed by atoms with E-state index in [1.54, 1.807) is 0 Å². The van der Waals surface area contributed by atoms with E-state index in [-0.39, 0.29) is 5.41 Å². The second-order valence-electron chi connectivity index (χ2n) is 20.8. The molecule has 12 aromatic rings. The molecule has 0 aromatic heterocycles. The number of hydrogen-bond donors (Lipinski definition) is 0. The van der Waals surface area contributed by atoms with Crippen LogP contribution in [0, 0.1) is 0 Å². The van der Waals surface area contributed by atoms with Crippen molar-refractivity contribution in [3.8, 4) is 44.5 Å². The van der Waals surface area contributed by atoms with E-state index in [4.69, 9.17) is 0 Å². The molecule has 0 radical (unpaired) electrons. The van der Waals surface area contributed by atoms with Gasteiger partial charge in [-0.05, 0) is 165 Å². The largest absolute Gasteiger partial charge is 0.310 e. The van der Waals surface area contributed by atoms with Gasteiger partial charge in [0.25, 0.3) is 0 Å². The van der Waals surface area contributed by atoms with Gasteiger partial charge in [-0.2, -0.15) is 0 Å². The van der Waals surface area contributed by atoms with Gasteiger partial charge in [-0.25, -0.2) is 0 Å². The predicted octanol–water partition coefficient (Wildman–Crippen LogP) is 19.2. The molecule has 2 aliphatic heterocycles. The van der Waals surface area contributed by atoms with Crippen LogP contribution in [-0.2, 0) is 18.3 Å². The van der Waals surface area contributed by atoms with Crippen LogP contribution in [0.2, 0.25) is 0 Å². The number of rotatable bonds is 5. The molecule has 0 saturated heterocycles. The first-order chi connectivity index (χ1) is 36.0. The highest BCUT2D eigenvalue weighted by Gasteiger charge is 2.36. The maximum Gasteiger partial charge on any atom is 0.0497 e. The highest BCUT2D eigenvalue weighted by Crippen LogP contribution is 2.55. The zero-order valence-corrected chi connectivity index (χ0v) is 40.9. The molecule has 12 aromatic carbocycles. The summed E-state index contributed by atoms with van der Waals surface area (Å²) in [6.45, 7) is 4.80. The molecule has 0 amide bonds. The summed E-state index contributed by atoms with van der Waals surface area (Å²) in [7, 11) is 0. The number of fused-ring (bicyclic) bond motifs is 10. The van der Waals surface area contributed by atoms with E-state index in [1.807, 2.05) is 0 Å². The Morgan fingerprint density at radius 1 is 0.301 bits per heavy atom. The fourth-order valence-corrected chi connectivity index (χ4v) is 13.1. The van der Waals surface area contributed by atoms with Crippen LogP contribution in [-0.4, -0.2) is 0 Å². The summed E-state index contributed by atoms with van der Waals surface area (Å²) < 4.78 is 0. The van der Waals surface area contributed by atoms with E-state index in [9.17, 15) is 0 Å². The van der Waals surface area contributed by atoms with Crippen LogP contribution in [0.25, 0.3) is 76.8 Å². The van der Waals surface area contributed by atoms with Crippen LogP contribution in [0.4, 0.5) is 34.1 Å². The van der Waals surface area contributed by atoms with E-state index in [2.05, 4.69) is 266 Å². The van der Waals surface area contributed by atoms with Gasteiger partial charge in [0.2, 0.25) is 0 Å². The highest BCUT2D eigenvalue weighted by molar-refractivity contribution is 6.24. The zero-order valence-electron chi connectivity index (χ0n) is 40.9. The topological polar surface area (TPSA) is 6.48 Å². The molecule has 1 aliphatic carbocycles. The van der Waals surface area contributed by atoms with Crippen molar-refractivity contribution in [2.75, 3.05) is 9.80 Å². The van der Waals surface area contributed by atoms with Crippen molar-refractivity contribution >= 4 is 66.4 Å². The number of anilines is 6. The Morgan fingerprint density at radius 2 is 0.753 bits per heavy atom. The third kappa shape index (κ3) is 6.30. The molecule has 0 fully saturated rings. The van der Waals surface area contributed by atoms with Gasteiger partial charge in [-0.15, -0.1) is 0 Å². The monoisotopic (exact) mass is 930 g/mol. The van der Waals surface area contributed by atoms with Gasteiger partial charge in [-0.1, -0.05) is 202 Å². The first-order valence-corrected chi connectivity index (χ1v) is 25.8. The highest BCUT2D eigenvalue weighted by atomic mass is 15.2. The fraction of sp³-hybridized carbons (Fsp3) is 0.0704. The molecule has 15 rings (SSSR count). The SMILES string of the molecule is CC1(C)c2ccccc2-c2ccc(-c3c4cc(N5c6ccccc6Cc6ccccc65)ccc4c(-c4ccccc4-c4cccc5ccccc45)c4cc(N5c6ccccc6Cc6ccccc65)ccc34)cc21. The van der Waals surface area contributed by atoms with Crippen LogP contribution in [0.3, 0.4) is 0 Å². The normalized spacial score (nSPS) is 13.8. The summed E-state index contributed by atoms with van der Waals surface area (Å²) in [6, 6.07) is 91.5. The molecule has 0 saturated carbocycles. The summed E-state index contributed by atoms with van der Waals surface area (Å²) in [6.07, 6.45) is 1.81. The quantitative estimate of drug-likeness (QED) is 0.159. The lowest BCUT2D eigenvalue weighted by Crippen LogP contribution is -2.18. The lowest BCUT2D eigenvalue weighted by Gasteiger charge is -2.34. The molecule has 0 N–H and O–H groups in total. The van der Waals surface area contributed by atoms with Gasteiger partial charge in [0.1, 0.15) is 0 Å². The van der Waals surface area contributed by atoms with Gasteiger partial charge in [0.15, 0.2) is 0 Å². The first kappa shape index (κ1) is 41.8. The minimum Gasteiger partial charge on any atom is -0.310 e. The van der Waals surface area contributed by atoms with E-state index in [1.165, 1.54) is 133 Å². The Hall–Kier alpha value is -8.98. The molecular formula is C71H50N2. The lowest BCUT2D eigenvalue weighted by molar-refractivity contribution is 0.660. The third-order valence-electron chi connectivity index (χ3n) is 16.4. The summed E-state index contributed by atoms with van der Waals surface area (Å²) >= 11 is 0. The van der Waals surface area contributed by atoms with E-state index >= 15 is 0 Å². The van der Waals surface area contributed by atoms with Gasteiger partial charge in [0.05, 0.1) is 0 Å². The summed E-state index contributed by atoms with van der Waals surface area (Å²) in [5.74, 6) is 0. The molecule has 2 heteroatoms. The zero-order chi connectivity index (χ0) is 48.4. The van der Waals surface area contributed by atoms with Crippen LogP contribution >= 0.6 is 0 Å². The summed E-state index contributed by atoms with van der Waals surface area (Å²) in [5.41, 5.74) is 25.1. The van der Waals surface area contributed by atoms with Crippen molar-refractivity contribution < 1.29 is 0 Å². The molecule has 2 nitrogen and oxygen atoms in total. The van der Waals surface area contributed by atoms with Gasteiger partial charge in [-0.3, -0.25) is 0 Å². The fourth-order valence-electron chi connectivity index (χ4n) is 13.1. The van der Waals surface area contributed by atoms with Crippen LogP contribution in [0.1, 0.15) is 47.2 Å². The van der Waals surface area contributed by atoms with Crippen molar-refractivity contribution in [1.82, 2.24) is 0 Å². The van der Waals surface area contributed by atoms with Crippen LogP contribution in [0.5, 0.6) is 0 Å². The van der Waals surface area contributed by atoms with E-state index in [0.717, 1.165) is 24.2 Å². The third-order valence-corrected chi connectivity index (χ3v) is 16.4. The Balaban J connectivity index is 1.08. The maximum absolute atomic E-state index is 2.52. The van der Waals surface area contributed by atoms with Gasteiger partial charge in [0, 0.05) is 52.4 Å². The van der Waals surface area contributed by atoms with Gasteiger partial charge >= 0.3 is 0 Å². The van der Waals surface area contributed by atoms with Gasteiger partial charge < -0.3 is 9.80 Å². The molecular weight excluding hydrogens is 881 g/mol. The summed E-state index contributed by atoms with van der Waals surface area (Å²) in [5, 5.41) is 7.37. The molecule has 73 heavy (non-hydrogen) atoms. The van der Waals surface area contributed by atoms with E-state index < -0.39 is 0 Å². The number of hydrogen-bond acceptors (Lipinski definition) is 2. The minimum absolute atomic E-state index is 0.167. The average molecular weight is 931 g/mol. The molecule has 3 aliphatic rings. The van der Waals surface area contributed by atoms with Crippen LogP contribution < -0.4 is 9.80 Å². The second-order valence-corrected chi connectivity index (χ2v) is 20.8. The smallest absolute Gasteiger partial charge is 0.0497 e.